The van der Waals surface area contributed by atoms with Crippen LogP contribution >= 0.6 is 0 Å². The van der Waals surface area contributed by atoms with E-state index >= 15 is 0 Å². The van der Waals surface area contributed by atoms with Crippen LogP contribution in [0.2, 0.25) is 0 Å². The SMILES string of the molecule is CCCC1(O)CN(C(=O)[C@@H](N)CCc2ccccc2)C1. The predicted octanol–water partition coefficient (Wildman–Crippen LogP) is 1.32. The Balaban J connectivity index is 1.76. The van der Waals surface area contributed by atoms with Crippen molar-refractivity contribution in [2.75, 3.05) is 13.1 Å². The number of carbonyl (C=O) groups excluding carboxylic acids is 1. The number of amides is 1. The summed E-state index contributed by atoms with van der Waals surface area (Å²) >= 11 is 0. The fourth-order valence-corrected chi connectivity index (χ4v) is 2.77. The van der Waals surface area contributed by atoms with Crippen molar-refractivity contribution < 1.29 is 9.90 Å². The van der Waals surface area contributed by atoms with E-state index in [1.54, 1.807) is 4.90 Å². The highest BCUT2D eigenvalue weighted by molar-refractivity contribution is 5.82. The molecule has 0 bridgehead atoms. The van der Waals surface area contributed by atoms with E-state index in [9.17, 15) is 9.90 Å². The topological polar surface area (TPSA) is 66.6 Å². The van der Waals surface area contributed by atoms with Crippen molar-refractivity contribution in [1.29, 1.82) is 0 Å². The molecule has 1 atom stereocenters. The quantitative estimate of drug-likeness (QED) is 0.823. The van der Waals surface area contributed by atoms with Gasteiger partial charge in [-0.15, -0.1) is 0 Å². The van der Waals surface area contributed by atoms with Gasteiger partial charge in [0, 0.05) is 0 Å². The molecular formula is C16H24N2O2. The Kier molecular flexibility index (Phi) is 4.78. The highest BCUT2D eigenvalue weighted by atomic mass is 16.3. The summed E-state index contributed by atoms with van der Waals surface area (Å²) in [7, 11) is 0. The number of carbonyl (C=O) groups is 1. The van der Waals surface area contributed by atoms with Crippen molar-refractivity contribution >= 4 is 5.91 Å². The third kappa shape index (κ3) is 3.58. The summed E-state index contributed by atoms with van der Waals surface area (Å²) in [6, 6.07) is 9.57. The van der Waals surface area contributed by atoms with Crippen molar-refractivity contribution in [1.82, 2.24) is 4.90 Å². The summed E-state index contributed by atoms with van der Waals surface area (Å²) in [5, 5.41) is 10.1. The summed E-state index contributed by atoms with van der Waals surface area (Å²) in [5.74, 6) is -0.0401. The molecule has 4 nitrogen and oxygen atoms in total. The molecule has 2 rings (SSSR count). The van der Waals surface area contributed by atoms with Gasteiger partial charge in [0.05, 0.1) is 24.7 Å². The van der Waals surface area contributed by atoms with E-state index < -0.39 is 11.6 Å². The van der Waals surface area contributed by atoms with Gasteiger partial charge in [-0.25, -0.2) is 0 Å². The zero-order valence-electron chi connectivity index (χ0n) is 12.1. The molecule has 1 aromatic rings. The van der Waals surface area contributed by atoms with Crippen LogP contribution < -0.4 is 5.73 Å². The third-order valence-electron chi connectivity index (χ3n) is 3.90. The Morgan fingerprint density at radius 2 is 2.05 bits per heavy atom. The maximum absolute atomic E-state index is 12.1. The number of nitrogens with two attached hydrogens (primary N) is 1. The maximum atomic E-state index is 12.1. The van der Waals surface area contributed by atoms with Crippen molar-refractivity contribution in [2.45, 2.75) is 44.2 Å². The minimum atomic E-state index is -0.677. The van der Waals surface area contributed by atoms with Gasteiger partial charge in [0.25, 0.3) is 0 Å². The Morgan fingerprint density at radius 1 is 1.40 bits per heavy atom. The maximum Gasteiger partial charge on any atom is 0.239 e. The molecule has 0 spiro atoms. The van der Waals surface area contributed by atoms with Crippen molar-refractivity contribution in [2.24, 2.45) is 5.73 Å². The summed E-state index contributed by atoms with van der Waals surface area (Å²) in [5.41, 5.74) is 6.48. The summed E-state index contributed by atoms with van der Waals surface area (Å²) in [6.07, 6.45) is 3.13. The standard InChI is InChI=1S/C16H24N2O2/c1-2-10-16(20)11-18(12-16)15(19)14(17)9-8-13-6-4-3-5-7-13/h3-7,14,20H,2,8-12,17H2,1H3/t14-/m0/s1. The van der Waals surface area contributed by atoms with E-state index in [1.807, 2.05) is 37.3 Å². The summed E-state index contributed by atoms with van der Waals surface area (Å²) in [4.78, 5) is 13.8. The van der Waals surface area contributed by atoms with Crippen LogP contribution in [0.25, 0.3) is 0 Å². The normalized spacial score (nSPS) is 18.4. The minimum absolute atomic E-state index is 0.0401. The Morgan fingerprint density at radius 3 is 2.65 bits per heavy atom. The Hall–Kier alpha value is -1.39. The van der Waals surface area contributed by atoms with Crippen LogP contribution in [-0.4, -0.2) is 40.6 Å². The van der Waals surface area contributed by atoms with E-state index in [2.05, 4.69) is 0 Å². The lowest BCUT2D eigenvalue weighted by atomic mass is 9.88. The number of likely N-dealkylation sites (tertiary alicyclic amines) is 1. The van der Waals surface area contributed by atoms with Crippen LogP contribution in [0.1, 0.15) is 31.7 Å². The molecule has 1 amide bonds. The van der Waals surface area contributed by atoms with Crippen LogP contribution in [0, 0.1) is 0 Å². The molecule has 1 saturated heterocycles. The number of hydrogen-bond acceptors (Lipinski definition) is 3. The highest BCUT2D eigenvalue weighted by Crippen LogP contribution is 2.26. The van der Waals surface area contributed by atoms with Gasteiger partial charge >= 0.3 is 0 Å². The number of nitrogens with zero attached hydrogens (tertiary/aromatic N) is 1. The van der Waals surface area contributed by atoms with Crippen LogP contribution in [0.4, 0.5) is 0 Å². The second-order valence-electron chi connectivity index (χ2n) is 5.80. The van der Waals surface area contributed by atoms with Crippen molar-refractivity contribution in [3.63, 3.8) is 0 Å². The van der Waals surface area contributed by atoms with Crippen molar-refractivity contribution in [3.05, 3.63) is 35.9 Å². The smallest absolute Gasteiger partial charge is 0.239 e. The number of aliphatic hydroxyl groups is 1. The van der Waals surface area contributed by atoms with Crippen LogP contribution in [0.15, 0.2) is 30.3 Å². The van der Waals surface area contributed by atoms with Gasteiger partial charge in [0.2, 0.25) is 5.91 Å². The average Bonchev–Trinajstić information content (AvgIpc) is 2.42. The number of β-amino-alcohol motifs (C(OH)–C–C–N with tert-alkyl or cyclic N) is 1. The molecule has 0 radical (unpaired) electrons. The fraction of sp³-hybridized carbons (Fsp3) is 0.562. The van der Waals surface area contributed by atoms with Gasteiger partial charge in [0.1, 0.15) is 0 Å². The van der Waals surface area contributed by atoms with Crippen LogP contribution in [0.5, 0.6) is 0 Å². The molecule has 0 aliphatic carbocycles. The first kappa shape index (κ1) is 15.0. The second-order valence-corrected chi connectivity index (χ2v) is 5.80. The van der Waals surface area contributed by atoms with Gasteiger partial charge in [-0.05, 0) is 24.8 Å². The fourth-order valence-electron chi connectivity index (χ4n) is 2.77. The molecule has 4 heteroatoms. The highest BCUT2D eigenvalue weighted by Gasteiger charge is 2.43. The molecular weight excluding hydrogens is 252 g/mol. The zero-order chi connectivity index (χ0) is 14.6. The van der Waals surface area contributed by atoms with Gasteiger partial charge in [0.15, 0.2) is 0 Å². The van der Waals surface area contributed by atoms with Crippen molar-refractivity contribution in [3.8, 4) is 0 Å². The van der Waals surface area contributed by atoms with E-state index in [1.165, 1.54) is 5.56 Å². The number of hydrogen-bond donors (Lipinski definition) is 2. The second kappa shape index (κ2) is 6.37. The van der Waals surface area contributed by atoms with E-state index in [4.69, 9.17) is 5.73 Å². The summed E-state index contributed by atoms with van der Waals surface area (Å²) < 4.78 is 0. The monoisotopic (exact) mass is 276 g/mol. The van der Waals surface area contributed by atoms with Crippen LogP contribution in [0.3, 0.4) is 0 Å². The molecule has 1 heterocycles. The third-order valence-corrected chi connectivity index (χ3v) is 3.90. The predicted molar refractivity (Wildman–Crippen MR) is 79.2 cm³/mol. The molecule has 0 unspecified atom stereocenters. The molecule has 20 heavy (non-hydrogen) atoms. The molecule has 3 N–H and O–H groups in total. The summed E-state index contributed by atoms with van der Waals surface area (Å²) in [6.45, 7) is 2.89. The molecule has 1 aliphatic heterocycles. The van der Waals surface area contributed by atoms with E-state index in [0.29, 0.717) is 19.5 Å². The zero-order valence-corrected chi connectivity index (χ0v) is 12.1. The Bertz CT molecular complexity index is 441. The molecule has 1 aliphatic rings. The molecule has 0 aromatic heterocycles. The Labute approximate surface area is 120 Å². The lowest BCUT2D eigenvalue weighted by Gasteiger charge is -2.47. The number of aryl methyl sites for hydroxylation is 1. The largest absolute Gasteiger partial charge is 0.386 e. The van der Waals surface area contributed by atoms with E-state index in [-0.39, 0.29) is 5.91 Å². The molecule has 1 fully saturated rings. The number of benzene rings is 1. The number of rotatable bonds is 6. The van der Waals surface area contributed by atoms with Gasteiger partial charge in [-0.2, -0.15) is 0 Å². The molecule has 1 aromatic carbocycles. The molecule has 0 saturated carbocycles. The van der Waals surface area contributed by atoms with Crippen LogP contribution in [-0.2, 0) is 11.2 Å². The average molecular weight is 276 g/mol. The van der Waals surface area contributed by atoms with Gasteiger partial charge in [-0.1, -0.05) is 43.7 Å². The lowest BCUT2D eigenvalue weighted by Crippen LogP contribution is -2.65. The van der Waals surface area contributed by atoms with Gasteiger partial charge in [-0.3, -0.25) is 4.79 Å². The lowest BCUT2D eigenvalue weighted by molar-refractivity contribution is -0.158. The van der Waals surface area contributed by atoms with Gasteiger partial charge < -0.3 is 15.7 Å². The molecule has 110 valence electrons. The van der Waals surface area contributed by atoms with E-state index in [0.717, 1.165) is 19.3 Å². The first-order valence-electron chi connectivity index (χ1n) is 7.35. The first-order chi connectivity index (χ1) is 9.54. The first-order valence-corrected chi connectivity index (χ1v) is 7.35. The minimum Gasteiger partial charge on any atom is -0.386 e.